The Labute approximate surface area is 88.3 Å². The maximum absolute atomic E-state index is 9.82. The van der Waals surface area contributed by atoms with E-state index in [1.807, 2.05) is 13.8 Å². The Bertz CT molecular complexity index is 195. The number of nitrogens with zero attached hydrogens (tertiary/aromatic N) is 1. The molecule has 0 aromatic heterocycles. The highest BCUT2D eigenvalue weighted by atomic mass is 16.3. The Hall–Kier alpha value is -0.520. The zero-order chi connectivity index (χ0) is 11.2. The highest BCUT2D eigenvalue weighted by Gasteiger charge is 2.31. The Balaban J connectivity index is 0.000000791. The fourth-order valence-electron chi connectivity index (χ4n) is 1.63. The van der Waals surface area contributed by atoms with Crippen molar-refractivity contribution in [1.29, 1.82) is 0 Å². The fraction of sp³-hybridized carbons (Fsp3) is 0.833. The molecule has 2 nitrogen and oxygen atoms in total. The first-order chi connectivity index (χ1) is 6.57. The summed E-state index contributed by atoms with van der Waals surface area (Å²) < 4.78 is 0. The molecule has 0 saturated carbocycles. The van der Waals surface area contributed by atoms with Crippen molar-refractivity contribution in [1.82, 2.24) is 4.90 Å². The Morgan fingerprint density at radius 3 is 2.43 bits per heavy atom. The van der Waals surface area contributed by atoms with Crippen molar-refractivity contribution in [3.63, 3.8) is 0 Å². The van der Waals surface area contributed by atoms with Gasteiger partial charge in [-0.2, -0.15) is 0 Å². The number of hydrogen-bond donors (Lipinski definition) is 1. The van der Waals surface area contributed by atoms with Crippen LogP contribution in [0, 0.1) is 12.3 Å². The van der Waals surface area contributed by atoms with Crippen LogP contribution < -0.4 is 0 Å². The third-order valence-electron chi connectivity index (χ3n) is 2.50. The SMILES string of the molecule is C#CC1(O)CCCN(C(C)C)C1.CC. The fourth-order valence-corrected chi connectivity index (χ4v) is 1.63. The number of β-amino-alcohol motifs (C(OH)–C–C–N with tert-alkyl or cyclic N) is 1. The normalized spacial score (nSPS) is 27.8. The molecule has 1 atom stereocenters. The topological polar surface area (TPSA) is 23.5 Å². The molecular formula is C12H23NO. The molecule has 1 aliphatic rings. The molecule has 1 unspecified atom stereocenters. The van der Waals surface area contributed by atoms with Gasteiger partial charge in [0, 0.05) is 12.6 Å². The number of piperidine rings is 1. The van der Waals surface area contributed by atoms with Crippen LogP contribution in [-0.2, 0) is 0 Å². The van der Waals surface area contributed by atoms with Crippen molar-refractivity contribution in [2.24, 2.45) is 0 Å². The largest absolute Gasteiger partial charge is 0.376 e. The lowest BCUT2D eigenvalue weighted by atomic mass is 9.93. The van der Waals surface area contributed by atoms with Gasteiger partial charge in [0.2, 0.25) is 0 Å². The van der Waals surface area contributed by atoms with E-state index in [1.54, 1.807) is 0 Å². The van der Waals surface area contributed by atoms with Crippen LogP contribution in [0.4, 0.5) is 0 Å². The van der Waals surface area contributed by atoms with E-state index in [2.05, 4.69) is 24.7 Å². The lowest BCUT2D eigenvalue weighted by molar-refractivity contribution is 0.00442. The van der Waals surface area contributed by atoms with Gasteiger partial charge in [0.25, 0.3) is 0 Å². The number of likely N-dealkylation sites (tertiary alicyclic amines) is 1. The average Bonchev–Trinajstić information content (AvgIpc) is 2.21. The maximum atomic E-state index is 9.82. The van der Waals surface area contributed by atoms with Crippen LogP contribution in [0.15, 0.2) is 0 Å². The molecule has 2 heteroatoms. The predicted octanol–water partition coefficient (Wildman–Crippen LogP) is 1.88. The molecule has 0 radical (unpaired) electrons. The highest BCUT2D eigenvalue weighted by Crippen LogP contribution is 2.21. The van der Waals surface area contributed by atoms with Gasteiger partial charge in [-0.1, -0.05) is 19.8 Å². The highest BCUT2D eigenvalue weighted by molar-refractivity contribution is 5.10. The van der Waals surface area contributed by atoms with E-state index >= 15 is 0 Å². The summed E-state index contributed by atoms with van der Waals surface area (Å²) in [5.74, 6) is 2.48. The second kappa shape index (κ2) is 6.06. The van der Waals surface area contributed by atoms with Crippen LogP contribution >= 0.6 is 0 Å². The number of aliphatic hydroxyl groups is 1. The van der Waals surface area contributed by atoms with Crippen molar-refractivity contribution in [2.45, 2.75) is 52.2 Å². The summed E-state index contributed by atoms with van der Waals surface area (Å²) in [6.07, 6.45) is 7.01. The summed E-state index contributed by atoms with van der Waals surface area (Å²) in [6, 6.07) is 0.477. The van der Waals surface area contributed by atoms with E-state index in [0.717, 1.165) is 19.4 Å². The lowest BCUT2D eigenvalue weighted by Gasteiger charge is -2.38. The first kappa shape index (κ1) is 13.5. The zero-order valence-electron chi connectivity index (χ0n) is 9.88. The van der Waals surface area contributed by atoms with Crippen LogP contribution in [0.2, 0.25) is 0 Å². The van der Waals surface area contributed by atoms with Crippen LogP contribution in [0.5, 0.6) is 0 Å². The van der Waals surface area contributed by atoms with Gasteiger partial charge in [-0.3, -0.25) is 4.90 Å². The molecule has 1 N–H and O–H groups in total. The van der Waals surface area contributed by atoms with Crippen molar-refractivity contribution in [3.05, 3.63) is 0 Å². The summed E-state index contributed by atoms with van der Waals surface area (Å²) in [5.41, 5.74) is -0.872. The quantitative estimate of drug-likeness (QED) is 0.649. The third kappa shape index (κ3) is 3.69. The minimum absolute atomic E-state index is 0.477. The molecule has 1 aliphatic heterocycles. The first-order valence-corrected chi connectivity index (χ1v) is 5.51. The van der Waals surface area contributed by atoms with E-state index in [1.165, 1.54) is 0 Å². The molecule has 0 aromatic rings. The molecular weight excluding hydrogens is 174 g/mol. The van der Waals surface area contributed by atoms with Crippen molar-refractivity contribution in [3.8, 4) is 12.3 Å². The van der Waals surface area contributed by atoms with Gasteiger partial charge >= 0.3 is 0 Å². The van der Waals surface area contributed by atoms with Crippen LogP contribution in [0.3, 0.4) is 0 Å². The van der Waals surface area contributed by atoms with Gasteiger partial charge in [0.15, 0.2) is 0 Å². The third-order valence-corrected chi connectivity index (χ3v) is 2.50. The Morgan fingerprint density at radius 1 is 1.43 bits per heavy atom. The molecule has 1 saturated heterocycles. The average molecular weight is 197 g/mol. The number of terminal acetylenes is 1. The van der Waals surface area contributed by atoms with Crippen LogP contribution in [0.25, 0.3) is 0 Å². The Morgan fingerprint density at radius 2 is 2.00 bits per heavy atom. The van der Waals surface area contributed by atoms with Gasteiger partial charge in [-0.05, 0) is 33.2 Å². The van der Waals surface area contributed by atoms with E-state index in [-0.39, 0.29) is 0 Å². The second-order valence-corrected chi connectivity index (χ2v) is 3.84. The van der Waals surface area contributed by atoms with E-state index in [9.17, 15) is 5.11 Å². The minimum Gasteiger partial charge on any atom is -0.376 e. The smallest absolute Gasteiger partial charge is 0.137 e. The van der Waals surface area contributed by atoms with E-state index < -0.39 is 5.60 Å². The summed E-state index contributed by atoms with van der Waals surface area (Å²) >= 11 is 0. The predicted molar refractivity (Wildman–Crippen MR) is 61.1 cm³/mol. The minimum atomic E-state index is -0.872. The second-order valence-electron chi connectivity index (χ2n) is 3.84. The van der Waals surface area contributed by atoms with E-state index in [0.29, 0.717) is 12.6 Å². The monoisotopic (exact) mass is 197 g/mol. The van der Waals surface area contributed by atoms with Gasteiger partial charge in [-0.25, -0.2) is 0 Å². The van der Waals surface area contributed by atoms with Gasteiger partial charge in [-0.15, -0.1) is 6.42 Å². The standard InChI is InChI=1S/C10H17NO.C2H6/c1-4-10(12)6-5-7-11(8-10)9(2)3;1-2/h1,9,12H,5-8H2,2-3H3;1-2H3. The summed E-state index contributed by atoms with van der Waals surface area (Å²) in [7, 11) is 0. The molecule has 0 spiro atoms. The zero-order valence-corrected chi connectivity index (χ0v) is 9.88. The molecule has 14 heavy (non-hydrogen) atoms. The lowest BCUT2D eigenvalue weighted by Crippen LogP contribution is -2.49. The molecule has 1 heterocycles. The van der Waals surface area contributed by atoms with Crippen molar-refractivity contribution in [2.75, 3.05) is 13.1 Å². The van der Waals surface area contributed by atoms with Gasteiger partial charge in [0.05, 0.1) is 0 Å². The number of hydrogen-bond acceptors (Lipinski definition) is 2. The summed E-state index contributed by atoms with van der Waals surface area (Å²) in [6.45, 7) is 9.94. The van der Waals surface area contributed by atoms with E-state index in [4.69, 9.17) is 6.42 Å². The van der Waals surface area contributed by atoms with Crippen molar-refractivity contribution >= 4 is 0 Å². The number of rotatable bonds is 1. The Kier molecular flexibility index (Phi) is 5.83. The maximum Gasteiger partial charge on any atom is 0.137 e. The molecule has 0 bridgehead atoms. The first-order valence-electron chi connectivity index (χ1n) is 5.51. The van der Waals surface area contributed by atoms with Gasteiger partial charge < -0.3 is 5.11 Å². The summed E-state index contributed by atoms with van der Waals surface area (Å²) in [5, 5.41) is 9.82. The van der Waals surface area contributed by atoms with Crippen LogP contribution in [-0.4, -0.2) is 34.7 Å². The molecule has 82 valence electrons. The van der Waals surface area contributed by atoms with Crippen molar-refractivity contribution < 1.29 is 5.11 Å². The van der Waals surface area contributed by atoms with Crippen LogP contribution in [0.1, 0.15) is 40.5 Å². The molecule has 0 amide bonds. The molecule has 0 aliphatic carbocycles. The molecule has 1 rings (SSSR count). The summed E-state index contributed by atoms with van der Waals surface area (Å²) in [4.78, 5) is 2.23. The van der Waals surface area contributed by atoms with Gasteiger partial charge in [0.1, 0.15) is 5.60 Å². The molecule has 0 aromatic carbocycles. The molecule has 1 fully saturated rings.